The lowest BCUT2D eigenvalue weighted by Crippen LogP contribution is -2.58. The van der Waals surface area contributed by atoms with E-state index >= 15 is 0 Å². The smallest absolute Gasteiger partial charge is 0.151 e. The Hall–Kier alpha value is -3.00. The van der Waals surface area contributed by atoms with E-state index in [0.717, 1.165) is 24.2 Å². The Kier molecular flexibility index (Phi) is 4.74. The Labute approximate surface area is 187 Å². The van der Waals surface area contributed by atoms with Crippen LogP contribution in [0, 0.1) is 5.82 Å². The molecule has 5 rings (SSSR count). The normalized spacial score (nSPS) is 27.0. The minimum Gasteiger partial charge on any atom is -0.507 e. The highest BCUT2D eigenvalue weighted by Gasteiger charge is 2.49. The molecule has 0 aliphatic carbocycles. The number of phenols is 1. The third kappa shape index (κ3) is 3.62. The average Bonchev–Trinajstić information content (AvgIpc) is 3.26. The van der Waals surface area contributed by atoms with Crippen molar-refractivity contribution in [1.82, 2.24) is 25.3 Å². The van der Waals surface area contributed by atoms with Gasteiger partial charge in [0.25, 0.3) is 0 Å². The van der Waals surface area contributed by atoms with Gasteiger partial charge in [-0.25, -0.2) is 4.39 Å². The van der Waals surface area contributed by atoms with Gasteiger partial charge in [-0.15, -0.1) is 10.2 Å². The molecule has 2 N–H and O–H groups in total. The van der Waals surface area contributed by atoms with Gasteiger partial charge in [0.15, 0.2) is 5.82 Å². The molecule has 2 aliphatic rings. The fraction of sp³-hybridized carbons (Fsp3) is 0.458. The largest absolute Gasteiger partial charge is 0.507 e. The molecule has 0 spiro atoms. The van der Waals surface area contributed by atoms with Gasteiger partial charge in [-0.2, -0.15) is 5.10 Å². The molecule has 3 atom stereocenters. The molecule has 0 amide bonds. The standard InChI is InChI=1S/C24H29FN6O/c1-23-7-8-24(2,29-23)12-17(11-23)31(4)21-6-5-19(27-28-21)22-18(25)9-15(10-20(22)32)16-13-26-30(3)14-16/h5-6,9-10,13-14,17,29,32H,7-8,11-12H2,1-4H3/t17?,23-,24+. The van der Waals surface area contributed by atoms with Crippen LogP contribution < -0.4 is 10.2 Å². The maximum atomic E-state index is 14.9. The van der Waals surface area contributed by atoms with Gasteiger partial charge in [-0.3, -0.25) is 4.68 Å². The summed E-state index contributed by atoms with van der Waals surface area (Å²) in [5.74, 6) is 0.0317. The van der Waals surface area contributed by atoms with E-state index in [9.17, 15) is 9.50 Å². The Balaban J connectivity index is 1.39. The maximum absolute atomic E-state index is 14.9. The van der Waals surface area contributed by atoms with Gasteiger partial charge in [0.05, 0.1) is 17.5 Å². The Morgan fingerprint density at radius 1 is 1.12 bits per heavy atom. The molecule has 168 valence electrons. The first-order valence-corrected chi connectivity index (χ1v) is 11.0. The van der Waals surface area contributed by atoms with Gasteiger partial charge in [0, 0.05) is 43.0 Å². The number of nitrogens with one attached hydrogen (secondary N) is 1. The van der Waals surface area contributed by atoms with Crippen molar-refractivity contribution in [1.29, 1.82) is 0 Å². The summed E-state index contributed by atoms with van der Waals surface area (Å²) in [6.07, 6.45) is 7.87. The number of hydrogen-bond donors (Lipinski definition) is 2. The van der Waals surface area contributed by atoms with Crippen molar-refractivity contribution in [2.24, 2.45) is 7.05 Å². The van der Waals surface area contributed by atoms with E-state index in [1.54, 1.807) is 30.2 Å². The molecule has 0 radical (unpaired) electrons. The molecule has 4 heterocycles. The first kappa shape index (κ1) is 20.9. The summed E-state index contributed by atoms with van der Waals surface area (Å²) in [7, 11) is 3.84. The summed E-state index contributed by atoms with van der Waals surface area (Å²) in [6.45, 7) is 4.60. The second kappa shape index (κ2) is 7.27. The molecule has 0 saturated carbocycles. The van der Waals surface area contributed by atoms with Gasteiger partial charge in [-0.1, -0.05) is 0 Å². The number of aryl methyl sites for hydroxylation is 1. The van der Waals surface area contributed by atoms with E-state index < -0.39 is 5.82 Å². The van der Waals surface area contributed by atoms with E-state index in [0.29, 0.717) is 17.3 Å². The number of fused-ring (bicyclic) bond motifs is 2. The van der Waals surface area contributed by atoms with Crippen LogP contribution in [0.1, 0.15) is 39.5 Å². The van der Waals surface area contributed by atoms with Crippen LogP contribution in [0.2, 0.25) is 0 Å². The highest BCUT2D eigenvalue weighted by atomic mass is 19.1. The van der Waals surface area contributed by atoms with Gasteiger partial charge in [-0.05, 0) is 69.4 Å². The molecule has 32 heavy (non-hydrogen) atoms. The highest BCUT2D eigenvalue weighted by Crippen LogP contribution is 2.44. The first-order valence-electron chi connectivity index (χ1n) is 11.0. The van der Waals surface area contributed by atoms with Crippen molar-refractivity contribution in [2.75, 3.05) is 11.9 Å². The van der Waals surface area contributed by atoms with E-state index in [1.165, 1.54) is 25.0 Å². The van der Waals surface area contributed by atoms with Crippen LogP contribution in [0.25, 0.3) is 22.4 Å². The van der Waals surface area contributed by atoms with Gasteiger partial charge < -0.3 is 15.3 Å². The molecule has 2 aliphatic heterocycles. The van der Waals surface area contributed by atoms with Crippen molar-refractivity contribution in [3.05, 3.63) is 42.5 Å². The molecule has 7 nitrogen and oxygen atoms in total. The number of anilines is 1. The second-order valence-corrected chi connectivity index (χ2v) is 9.95. The van der Waals surface area contributed by atoms with E-state index in [-0.39, 0.29) is 22.4 Å². The number of aromatic hydroxyl groups is 1. The average molecular weight is 437 g/mol. The van der Waals surface area contributed by atoms with Gasteiger partial charge in [0.2, 0.25) is 0 Å². The van der Waals surface area contributed by atoms with E-state index in [4.69, 9.17) is 0 Å². The SMILES string of the molecule is CN(c1ccc(-c2c(O)cc(-c3cnn(C)c3)cc2F)nn1)C1C[C@]2(C)CC[C@](C)(C1)N2. The second-order valence-electron chi connectivity index (χ2n) is 9.95. The fourth-order valence-electron chi connectivity index (χ4n) is 5.51. The number of aromatic nitrogens is 4. The number of nitrogens with zero attached hydrogens (tertiary/aromatic N) is 5. The van der Waals surface area contributed by atoms with Crippen LogP contribution in [0.5, 0.6) is 5.75 Å². The zero-order valence-electron chi connectivity index (χ0n) is 18.9. The third-order valence-electron chi connectivity index (χ3n) is 7.13. The monoisotopic (exact) mass is 436 g/mol. The lowest BCUT2D eigenvalue weighted by atomic mass is 9.84. The summed E-state index contributed by atoms with van der Waals surface area (Å²) in [5, 5.41) is 27.1. The quantitative estimate of drug-likeness (QED) is 0.646. The van der Waals surface area contributed by atoms with Crippen molar-refractivity contribution in [3.8, 4) is 28.1 Å². The van der Waals surface area contributed by atoms with Gasteiger partial charge >= 0.3 is 0 Å². The maximum Gasteiger partial charge on any atom is 0.151 e. The Morgan fingerprint density at radius 3 is 2.41 bits per heavy atom. The van der Waals surface area contributed by atoms with Crippen LogP contribution in [0.4, 0.5) is 10.2 Å². The number of piperidine rings is 1. The van der Waals surface area contributed by atoms with E-state index in [1.807, 2.05) is 13.1 Å². The number of hydrogen-bond acceptors (Lipinski definition) is 6. The van der Waals surface area contributed by atoms with Crippen molar-refractivity contribution < 1.29 is 9.50 Å². The van der Waals surface area contributed by atoms with Crippen molar-refractivity contribution >= 4 is 5.82 Å². The number of benzene rings is 1. The molecular weight excluding hydrogens is 407 g/mol. The van der Waals surface area contributed by atoms with Crippen molar-refractivity contribution in [3.63, 3.8) is 0 Å². The molecule has 8 heteroatoms. The predicted octanol–water partition coefficient (Wildman–Crippen LogP) is 3.89. The lowest BCUT2D eigenvalue weighted by Gasteiger charge is -2.45. The zero-order chi connectivity index (χ0) is 22.7. The summed E-state index contributed by atoms with van der Waals surface area (Å²) < 4.78 is 16.6. The van der Waals surface area contributed by atoms with Crippen LogP contribution in [0.3, 0.4) is 0 Å². The summed E-state index contributed by atoms with van der Waals surface area (Å²) in [4.78, 5) is 2.18. The molecular formula is C24H29FN6O. The van der Waals surface area contributed by atoms with Crippen LogP contribution in [-0.4, -0.2) is 49.3 Å². The van der Waals surface area contributed by atoms with Crippen LogP contribution >= 0.6 is 0 Å². The first-order chi connectivity index (χ1) is 15.1. The Morgan fingerprint density at radius 2 is 1.84 bits per heavy atom. The summed E-state index contributed by atoms with van der Waals surface area (Å²) >= 11 is 0. The lowest BCUT2D eigenvalue weighted by molar-refractivity contribution is 0.207. The summed E-state index contributed by atoms with van der Waals surface area (Å²) in [6, 6.07) is 6.85. The molecule has 2 bridgehead atoms. The van der Waals surface area contributed by atoms with Crippen molar-refractivity contribution in [2.45, 2.75) is 56.7 Å². The van der Waals surface area contributed by atoms with Crippen LogP contribution in [-0.2, 0) is 7.05 Å². The highest BCUT2D eigenvalue weighted by molar-refractivity contribution is 5.74. The predicted molar refractivity (Wildman–Crippen MR) is 122 cm³/mol. The molecule has 2 saturated heterocycles. The summed E-state index contributed by atoms with van der Waals surface area (Å²) in [5.41, 5.74) is 1.96. The minimum absolute atomic E-state index is 0.0549. The Bertz CT molecular complexity index is 1120. The number of halogens is 1. The van der Waals surface area contributed by atoms with Crippen LogP contribution in [0.15, 0.2) is 36.7 Å². The zero-order valence-corrected chi connectivity index (χ0v) is 18.9. The molecule has 1 aromatic carbocycles. The molecule has 2 aromatic heterocycles. The molecule has 2 fully saturated rings. The number of phenolic OH excluding ortho intramolecular Hbond substituents is 1. The number of rotatable bonds is 4. The minimum atomic E-state index is -0.546. The molecule has 1 unspecified atom stereocenters. The van der Waals surface area contributed by atoms with E-state index in [2.05, 4.69) is 39.4 Å². The topological polar surface area (TPSA) is 79.1 Å². The van der Waals surface area contributed by atoms with Gasteiger partial charge in [0.1, 0.15) is 11.6 Å². The fourth-order valence-corrected chi connectivity index (χ4v) is 5.51. The third-order valence-corrected chi connectivity index (χ3v) is 7.13. The molecule has 3 aromatic rings.